The van der Waals surface area contributed by atoms with Gasteiger partial charge in [-0.25, -0.2) is 0 Å². The predicted molar refractivity (Wildman–Crippen MR) is 126 cm³/mol. The fourth-order valence-corrected chi connectivity index (χ4v) is 4.15. The molecule has 172 valence electrons. The molecule has 7 heteroatoms. The predicted octanol–water partition coefficient (Wildman–Crippen LogP) is 3.67. The van der Waals surface area contributed by atoms with Crippen LogP contribution in [0.15, 0.2) is 42.7 Å². The zero-order valence-corrected chi connectivity index (χ0v) is 19.5. The molecule has 0 unspecified atom stereocenters. The Hall–Kier alpha value is -2.93. The fraction of sp³-hybridized carbons (Fsp3) is 0.480. The van der Waals surface area contributed by atoms with Crippen LogP contribution in [0.25, 0.3) is 0 Å². The Balaban J connectivity index is 1.53. The average Bonchev–Trinajstić information content (AvgIpc) is 2.79. The van der Waals surface area contributed by atoms with Crippen molar-refractivity contribution in [3.63, 3.8) is 0 Å². The molecule has 0 saturated carbocycles. The second-order valence-electron chi connectivity index (χ2n) is 8.93. The van der Waals surface area contributed by atoms with Gasteiger partial charge in [0.15, 0.2) is 0 Å². The highest BCUT2D eigenvalue weighted by Gasteiger charge is 2.27. The highest BCUT2D eigenvalue weighted by Crippen LogP contribution is 2.22. The molecule has 1 aliphatic heterocycles. The number of nitrogens with one attached hydrogen (secondary N) is 1. The Kier molecular flexibility index (Phi) is 8.22. The van der Waals surface area contributed by atoms with Gasteiger partial charge >= 0.3 is 0 Å². The standard InChI is InChI=1S/C25H34N4O3/c1-18(2)16-28(3)25(31)20-8-10-29(11-9-20)17-19-6-5-7-22(12-19)27-24(30)21-13-23(32-4)15-26-14-21/h5-7,12-15,18,20H,8-11,16-17H2,1-4H3,(H,27,30). The van der Waals surface area contributed by atoms with Crippen LogP contribution in [0.4, 0.5) is 5.69 Å². The third-order valence-electron chi connectivity index (χ3n) is 5.75. The van der Waals surface area contributed by atoms with E-state index in [2.05, 4.69) is 35.1 Å². The van der Waals surface area contributed by atoms with Gasteiger partial charge in [0.2, 0.25) is 5.91 Å². The van der Waals surface area contributed by atoms with E-state index in [4.69, 9.17) is 4.74 Å². The molecule has 0 spiro atoms. The molecule has 2 amide bonds. The van der Waals surface area contributed by atoms with E-state index in [1.54, 1.807) is 19.4 Å². The fourth-order valence-electron chi connectivity index (χ4n) is 4.15. The van der Waals surface area contributed by atoms with Crippen molar-refractivity contribution in [2.45, 2.75) is 33.2 Å². The minimum atomic E-state index is -0.224. The maximum Gasteiger partial charge on any atom is 0.257 e. The Morgan fingerprint density at radius 2 is 1.97 bits per heavy atom. The van der Waals surface area contributed by atoms with E-state index in [1.165, 1.54) is 6.20 Å². The van der Waals surface area contributed by atoms with Crippen molar-refractivity contribution in [2.24, 2.45) is 11.8 Å². The van der Waals surface area contributed by atoms with Crippen LogP contribution in [-0.4, -0.2) is 60.4 Å². The summed E-state index contributed by atoms with van der Waals surface area (Å²) in [4.78, 5) is 33.5. The normalized spacial score (nSPS) is 14.9. The Bertz CT molecular complexity index is 923. The van der Waals surface area contributed by atoms with E-state index < -0.39 is 0 Å². The number of carbonyl (C=O) groups excluding carboxylic acids is 2. The first-order valence-electron chi connectivity index (χ1n) is 11.2. The van der Waals surface area contributed by atoms with Crippen LogP contribution in [0.3, 0.4) is 0 Å². The first kappa shape index (κ1) is 23.7. The minimum Gasteiger partial charge on any atom is -0.495 e. The number of piperidine rings is 1. The lowest BCUT2D eigenvalue weighted by Crippen LogP contribution is -2.41. The molecule has 1 saturated heterocycles. The van der Waals surface area contributed by atoms with Gasteiger partial charge in [0.05, 0.1) is 18.9 Å². The van der Waals surface area contributed by atoms with Crippen LogP contribution in [0.2, 0.25) is 0 Å². The summed E-state index contributed by atoms with van der Waals surface area (Å²) in [5.41, 5.74) is 2.33. The molecule has 1 aromatic heterocycles. The van der Waals surface area contributed by atoms with Crippen LogP contribution in [0, 0.1) is 11.8 Å². The lowest BCUT2D eigenvalue weighted by molar-refractivity contribution is -0.136. The van der Waals surface area contributed by atoms with Gasteiger partial charge in [-0.15, -0.1) is 0 Å². The van der Waals surface area contributed by atoms with Crippen molar-refractivity contribution in [3.8, 4) is 5.75 Å². The van der Waals surface area contributed by atoms with Crippen LogP contribution >= 0.6 is 0 Å². The highest BCUT2D eigenvalue weighted by molar-refractivity contribution is 6.04. The number of benzene rings is 1. The summed E-state index contributed by atoms with van der Waals surface area (Å²) in [6, 6.07) is 9.56. The quantitative estimate of drug-likeness (QED) is 0.681. The third kappa shape index (κ3) is 6.53. The van der Waals surface area contributed by atoms with Crippen LogP contribution in [0.5, 0.6) is 5.75 Å². The number of rotatable bonds is 8. The average molecular weight is 439 g/mol. The SMILES string of the molecule is COc1cncc(C(=O)Nc2cccc(CN3CCC(C(=O)N(C)CC(C)C)CC3)c2)c1. The van der Waals surface area contributed by atoms with E-state index in [0.29, 0.717) is 17.2 Å². The second kappa shape index (κ2) is 11.1. The number of methoxy groups -OCH3 is 1. The number of amides is 2. The van der Waals surface area contributed by atoms with E-state index >= 15 is 0 Å². The first-order valence-corrected chi connectivity index (χ1v) is 11.2. The summed E-state index contributed by atoms with van der Waals surface area (Å²) in [7, 11) is 3.46. The molecule has 2 heterocycles. The van der Waals surface area contributed by atoms with Gasteiger partial charge in [-0.2, -0.15) is 0 Å². The molecule has 3 rings (SSSR count). The summed E-state index contributed by atoms with van der Waals surface area (Å²) >= 11 is 0. The Labute approximate surface area is 190 Å². The van der Waals surface area contributed by atoms with Gasteiger partial charge in [-0.1, -0.05) is 26.0 Å². The second-order valence-corrected chi connectivity index (χ2v) is 8.93. The van der Waals surface area contributed by atoms with E-state index in [-0.39, 0.29) is 17.7 Å². The summed E-state index contributed by atoms with van der Waals surface area (Å²) < 4.78 is 5.14. The number of anilines is 1. The van der Waals surface area contributed by atoms with Crippen molar-refractivity contribution >= 4 is 17.5 Å². The van der Waals surface area contributed by atoms with Crippen molar-refractivity contribution < 1.29 is 14.3 Å². The van der Waals surface area contributed by atoms with Gasteiger partial charge in [-0.05, 0) is 55.6 Å². The van der Waals surface area contributed by atoms with E-state index in [1.807, 2.05) is 30.1 Å². The molecule has 0 radical (unpaired) electrons. The lowest BCUT2D eigenvalue weighted by atomic mass is 9.94. The maximum atomic E-state index is 12.7. The van der Waals surface area contributed by atoms with Crippen LogP contribution < -0.4 is 10.1 Å². The van der Waals surface area contributed by atoms with Gasteiger partial charge in [0.25, 0.3) is 5.91 Å². The summed E-state index contributed by atoms with van der Waals surface area (Å²) in [5, 5.41) is 2.93. The molecule has 1 N–H and O–H groups in total. The molecular formula is C25H34N4O3. The van der Waals surface area contributed by atoms with Gasteiger partial charge in [-0.3, -0.25) is 19.5 Å². The molecule has 1 fully saturated rings. The lowest BCUT2D eigenvalue weighted by Gasteiger charge is -2.33. The number of carbonyl (C=O) groups is 2. The smallest absolute Gasteiger partial charge is 0.257 e. The third-order valence-corrected chi connectivity index (χ3v) is 5.75. The Morgan fingerprint density at radius 1 is 1.22 bits per heavy atom. The van der Waals surface area contributed by atoms with Gasteiger partial charge in [0, 0.05) is 37.9 Å². The summed E-state index contributed by atoms with van der Waals surface area (Å²) in [6.45, 7) is 7.68. The molecule has 1 aliphatic rings. The topological polar surface area (TPSA) is 74.8 Å². The molecule has 0 bridgehead atoms. The Morgan fingerprint density at radius 3 is 2.66 bits per heavy atom. The first-order chi connectivity index (χ1) is 15.4. The van der Waals surface area contributed by atoms with Crippen LogP contribution in [0.1, 0.15) is 42.6 Å². The van der Waals surface area contributed by atoms with E-state index in [9.17, 15) is 9.59 Å². The molecule has 32 heavy (non-hydrogen) atoms. The number of aromatic nitrogens is 1. The number of ether oxygens (including phenoxy) is 1. The number of nitrogens with zero attached hydrogens (tertiary/aromatic N) is 3. The zero-order valence-electron chi connectivity index (χ0n) is 19.5. The number of pyridine rings is 1. The van der Waals surface area contributed by atoms with Crippen molar-refractivity contribution in [2.75, 3.05) is 39.1 Å². The minimum absolute atomic E-state index is 0.122. The molecule has 7 nitrogen and oxygen atoms in total. The number of hydrogen-bond acceptors (Lipinski definition) is 5. The van der Waals surface area contributed by atoms with Crippen molar-refractivity contribution in [1.82, 2.24) is 14.8 Å². The maximum absolute atomic E-state index is 12.7. The summed E-state index contributed by atoms with van der Waals surface area (Å²) in [6.07, 6.45) is 4.86. The van der Waals surface area contributed by atoms with Crippen molar-refractivity contribution in [3.05, 3.63) is 53.9 Å². The van der Waals surface area contributed by atoms with Gasteiger partial charge in [0.1, 0.15) is 5.75 Å². The molecule has 2 aromatic rings. The largest absolute Gasteiger partial charge is 0.495 e. The number of hydrogen-bond donors (Lipinski definition) is 1. The molecule has 0 atom stereocenters. The number of likely N-dealkylation sites (tertiary alicyclic amines) is 1. The van der Waals surface area contributed by atoms with Crippen molar-refractivity contribution in [1.29, 1.82) is 0 Å². The van der Waals surface area contributed by atoms with E-state index in [0.717, 1.165) is 50.3 Å². The van der Waals surface area contributed by atoms with Crippen LogP contribution in [-0.2, 0) is 11.3 Å². The monoisotopic (exact) mass is 438 g/mol. The molecule has 1 aromatic carbocycles. The highest BCUT2D eigenvalue weighted by atomic mass is 16.5. The summed E-state index contributed by atoms with van der Waals surface area (Å²) in [5.74, 6) is 1.20. The zero-order chi connectivity index (χ0) is 23.1. The molecular weight excluding hydrogens is 404 g/mol. The van der Waals surface area contributed by atoms with Gasteiger partial charge < -0.3 is 15.0 Å². The molecule has 0 aliphatic carbocycles.